The Morgan fingerprint density at radius 2 is 1.89 bits per heavy atom. The Hall–Kier alpha value is -2.25. The summed E-state index contributed by atoms with van der Waals surface area (Å²) in [6.45, 7) is 8.51. The monoisotopic (exact) mass is 392 g/mol. The summed E-state index contributed by atoms with van der Waals surface area (Å²) in [7, 11) is 1.37. The van der Waals surface area contributed by atoms with Crippen molar-refractivity contribution in [3.05, 3.63) is 34.4 Å². The normalized spacial score (nSPS) is 29.2. The fraction of sp³-hybridized carbons (Fsp3) is 0.571. The van der Waals surface area contributed by atoms with E-state index < -0.39 is 35.3 Å². The predicted molar refractivity (Wildman–Crippen MR) is 101 cm³/mol. The van der Waals surface area contributed by atoms with Crippen molar-refractivity contribution < 1.29 is 33.7 Å². The van der Waals surface area contributed by atoms with Gasteiger partial charge in [-0.05, 0) is 65.2 Å². The summed E-state index contributed by atoms with van der Waals surface area (Å²) in [6, 6.07) is 0. The Morgan fingerprint density at radius 3 is 2.36 bits per heavy atom. The molecule has 1 N–H and O–H groups in total. The van der Waals surface area contributed by atoms with Gasteiger partial charge in [0.15, 0.2) is 0 Å². The molecule has 7 heteroatoms. The average molecular weight is 392 g/mol. The van der Waals surface area contributed by atoms with Gasteiger partial charge < -0.3 is 19.3 Å². The van der Waals surface area contributed by atoms with Crippen molar-refractivity contribution in [2.24, 2.45) is 5.92 Å². The highest BCUT2D eigenvalue weighted by Crippen LogP contribution is 2.44. The van der Waals surface area contributed by atoms with Crippen LogP contribution in [-0.4, -0.2) is 47.9 Å². The van der Waals surface area contributed by atoms with E-state index >= 15 is 0 Å². The SMILES string of the molecule is CO[C@]1([C@@H]2[C@H](O)C=C(CCC(C=O)=C(C)C)C(=O)OC2(C)C)C=C(C)C(=O)O1. The largest absolute Gasteiger partial charge is 0.456 e. The number of esters is 2. The Kier molecular flexibility index (Phi) is 6.31. The molecule has 0 amide bonds. The van der Waals surface area contributed by atoms with Crippen molar-refractivity contribution in [3.8, 4) is 0 Å². The van der Waals surface area contributed by atoms with E-state index in [2.05, 4.69) is 0 Å². The zero-order valence-electron chi connectivity index (χ0n) is 17.2. The Labute approximate surface area is 165 Å². The molecule has 2 heterocycles. The lowest BCUT2D eigenvalue weighted by molar-refractivity contribution is -0.249. The van der Waals surface area contributed by atoms with Crippen LogP contribution < -0.4 is 0 Å². The number of carbonyl (C=O) groups excluding carboxylic acids is 3. The fourth-order valence-electron chi connectivity index (χ4n) is 3.75. The molecule has 2 rings (SSSR count). The van der Waals surface area contributed by atoms with E-state index in [1.54, 1.807) is 20.8 Å². The molecule has 0 fully saturated rings. The average Bonchev–Trinajstić information content (AvgIpc) is 2.83. The number of hydrogen-bond acceptors (Lipinski definition) is 7. The minimum absolute atomic E-state index is 0.243. The van der Waals surface area contributed by atoms with Crippen molar-refractivity contribution >= 4 is 18.2 Å². The van der Waals surface area contributed by atoms with E-state index in [0.29, 0.717) is 17.6 Å². The molecular weight excluding hydrogens is 364 g/mol. The van der Waals surface area contributed by atoms with Crippen LogP contribution in [0.2, 0.25) is 0 Å². The van der Waals surface area contributed by atoms with E-state index in [0.717, 1.165) is 11.9 Å². The molecule has 0 spiro atoms. The zero-order chi connectivity index (χ0) is 21.3. The molecule has 0 aromatic carbocycles. The summed E-state index contributed by atoms with van der Waals surface area (Å²) >= 11 is 0. The van der Waals surface area contributed by atoms with Crippen LogP contribution in [0.1, 0.15) is 47.5 Å². The smallest absolute Gasteiger partial charge is 0.336 e. The number of aliphatic hydroxyl groups excluding tert-OH is 1. The van der Waals surface area contributed by atoms with Crippen LogP contribution >= 0.6 is 0 Å². The van der Waals surface area contributed by atoms with Crippen molar-refractivity contribution in [3.63, 3.8) is 0 Å². The molecule has 2 aliphatic rings. The maximum absolute atomic E-state index is 12.7. The number of ether oxygens (including phenoxy) is 3. The Morgan fingerprint density at radius 1 is 1.25 bits per heavy atom. The first-order valence-corrected chi connectivity index (χ1v) is 9.19. The minimum Gasteiger partial charge on any atom is -0.456 e. The van der Waals surface area contributed by atoms with E-state index in [1.807, 2.05) is 13.8 Å². The number of aliphatic hydroxyl groups is 1. The lowest BCUT2D eigenvalue weighted by atomic mass is 9.78. The van der Waals surface area contributed by atoms with Crippen LogP contribution in [0.15, 0.2) is 34.4 Å². The van der Waals surface area contributed by atoms with Gasteiger partial charge in [-0.25, -0.2) is 9.59 Å². The van der Waals surface area contributed by atoms with Crippen LogP contribution in [0.25, 0.3) is 0 Å². The molecule has 154 valence electrons. The number of carbonyl (C=O) groups is 3. The molecule has 0 radical (unpaired) electrons. The maximum atomic E-state index is 12.7. The number of allylic oxidation sites excluding steroid dienone is 2. The van der Waals surface area contributed by atoms with E-state index in [4.69, 9.17) is 14.2 Å². The van der Waals surface area contributed by atoms with Gasteiger partial charge in [-0.2, -0.15) is 0 Å². The number of methoxy groups -OCH3 is 1. The van der Waals surface area contributed by atoms with Gasteiger partial charge in [0.05, 0.1) is 12.0 Å². The van der Waals surface area contributed by atoms with Gasteiger partial charge >= 0.3 is 11.9 Å². The lowest BCUT2D eigenvalue weighted by Gasteiger charge is -2.42. The molecule has 0 aromatic heterocycles. The van der Waals surface area contributed by atoms with Gasteiger partial charge in [0.25, 0.3) is 0 Å². The molecule has 28 heavy (non-hydrogen) atoms. The van der Waals surface area contributed by atoms with Crippen molar-refractivity contribution in [1.29, 1.82) is 0 Å². The van der Waals surface area contributed by atoms with Gasteiger partial charge in [0, 0.05) is 18.3 Å². The van der Waals surface area contributed by atoms with Crippen molar-refractivity contribution in [2.45, 2.75) is 65.0 Å². The third-order valence-corrected chi connectivity index (χ3v) is 5.27. The van der Waals surface area contributed by atoms with Crippen LogP contribution in [0, 0.1) is 5.92 Å². The molecule has 2 aliphatic heterocycles. The highest BCUT2D eigenvalue weighted by atomic mass is 16.7. The standard InChI is InChI=1S/C21H28O7/c1-12(2)15(11-22)8-7-14-9-16(23)17(20(4,5)27-19(14)25)21(26-6)10-13(3)18(24)28-21/h9-11,16-17,23H,7-8H2,1-6H3/t16-,17-,21-/m1/s1. The van der Waals surface area contributed by atoms with Crippen LogP contribution in [0.3, 0.4) is 0 Å². The topological polar surface area (TPSA) is 99.1 Å². The molecule has 0 aliphatic carbocycles. The molecule has 0 aromatic rings. The summed E-state index contributed by atoms with van der Waals surface area (Å²) in [4.78, 5) is 35.8. The van der Waals surface area contributed by atoms with Crippen molar-refractivity contribution in [2.75, 3.05) is 7.11 Å². The third kappa shape index (κ3) is 4.10. The molecular formula is C21H28O7. The highest BCUT2D eigenvalue weighted by Gasteiger charge is 2.57. The lowest BCUT2D eigenvalue weighted by Crippen LogP contribution is -2.55. The minimum atomic E-state index is -1.55. The molecule has 0 unspecified atom stereocenters. The second-order valence-electron chi connectivity index (χ2n) is 7.94. The number of hydrogen-bond donors (Lipinski definition) is 1. The molecule has 0 saturated carbocycles. The van der Waals surface area contributed by atoms with E-state index in [9.17, 15) is 19.5 Å². The zero-order valence-corrected chi connectivity index (χ0v) is 17.2. The number of cyclic esters (lactones) is 2. The van der Waals surface area contributed by atoms with E-state index in [-0.39, 0.29) is 12.0 Å². The highest BCUT2D eigenvalue weighted by molar-refractivity contribution is 5.91. The third-order valence-electron chi connectivity index (χ3n) is 5.27. The van der Waals surface area contributed by atoms with E-state index in [1.165, 1.54) is 19.3 Å². The number of aldehydes is 1. The fourth-order valence-corrected chi connectivity index (χ4v) is 3.75. The summed E-state index contributed by atoms with van der Waals surface area (Å²) in [5.41, 5.74) is 0.882. The summed E-state index contributed by atoms with van der Waals surface area (Å²) in [6.07, 6.45) is 3.10. The first-order chi connectivity index (χ1) is 13.0. The van der Waals surface area contributed by atoms with Gasteiger partial charge in [-0.15, -0.1) is 0 Å². The predicted octanol–water partition coefficient (Wildman–Crippen LogP) is 2.39. The van der Waals surface area contributed by atoms with Gasteiger partial charge in [-0.3, -0.25) is 4.79 Å². The van der Waals surface area contributed by atoms with Crippen LogP contribution in [0.4, 0.5) is 0 Å². The first-order valence-electron chi connectivity index (χ1n) is 9.19. The van der Waals surface area contributed by atoms with Gasteiger partial charge in [0.1, 0.15) is 11.9 Å². The summed E-state index contributed by atoms with van der Waals surface area (Å²) in [5.74, 6) is -3.57. The van der Waals surface area contributed by atoms with Crippen molar-refractivity contribution in [1.82, 2.24) is 0 Å². The summed E-state index contributed by atoms with van der Waals surface area (Å²) < 4.78 is 16.6. The summed E-state index contributed by atoms with van der Waals surface area (Å²) in [5, 5.41) is 10.9. The van der Waals surface area contributed by atoms with Crippen LogP contribution in [0.5, 0.6) is 0 Å². The first kappa shape index (κ1) is 22.0. The number of rotatable bonds is 6. The van der Waals surface area contributed by atoms with Gasteiger partial charge in [-0.1, -0.05) is 5.57 Å². The Bertz CT molecular complexity index is 768. The second kappa shape index (κ2) is 8.01. The molecule has 0 saturated heterocycles. The molecule has 3 atom stereocenters. The second-order valence-corrected chi connectivity index (χ2v) is 7.94. The van der Waals surface area contributed by atoms with Gasteiger partial charge in [0.2, 0.25) is 5.79 Å². The van der Waals surface area contributed by atoms with Crippen LogP contribution in [-0.2, 0) is 28.6 Å². The molecule has 0 bridgehead atoms. The Balaban J connectivity index is 2.41. The molecule has 7 nitrogen and oxygen atoms in total. The maximum Gasteiger partial charge on any atom is 0.336 e. The quantitative estimate of drug-likeness (QED) is 0.421.